The van der Waals surface area contributed by atoms with Crippen molar-refractivity contribution in [2.75, 3.05) is 5.32 Å². The standard InChI is InChI=1S/C28H23F4N5O2/c1-27(2,39)21-15-33-37-24(21)10-9-17(16-7-5-4-6-8-16)25(37)34-26(38)19-13-18(23-11-12-36(3)35-23)20(14-22(19)29)28(30,31)32/h4-15,39H,1-3H3,(H,34,38). The van der Waals surface area contributed by atoms with Crippen molar-refractivity contribution in [1.29, 1.82) is 0 Å². The molecule has 3 aromatic heterocycles. The SMILES string of the molecule is Cn1ccc(-c2cc(C(=O)Nc3c(-c4ccccc4)ccc4c(C(C)(C)O)cnn34)c(F)cc2C(F)(F)F)n1. The van der Waals surface area contributed by atoms with Gasteiger partial charge in [-0.25, -0.2) is 8.91 Å². The van der Waals surface area contributed by atoms with Crippen LogP contribution in [-0.4, -0.2) is 30.4 Å². The maximum Gasteiger partial charge on any atom is 0.417 e. The van der Waals surface area contributed by atoms with Gasteiger partial charge in [-0.1, -0.05) is 30.3 Å². The number of benzene rings is 2. The van der Waals surface area contributed by atoms with E-state index >= 15 is 4.39 Å². The molecule has 7 nitrogen and oxygen atoms in total. The Morgan fingerprint density at radius 2 is 1.69 bits per heavy atom. The lowest BCUT2D eigenvalue weighted by atomic mass is 9.98. The zero-order chi connectivity index (χ0) is 28.1. The Balaban J connectivity index is 1.67. The van der Waals surface area contributed by atoms with Crippen LogP contribution >= 0.6 is 0 Å². The van der Waals surface area contributed by atoms with Crippen LogP contribution in [0.1, 0.15) is 35.3 Å². The average molecular weight is 538 g/mol. The number of carbonyl (C=O) groups excluding carboxylic acids is 1. The first-order chi connectivity index (χ1) is 18.3. The second-order valence-electron chi connectivity index (χ2n) is 9.58. The van der Waals surface area contributed by atoms with Gasteiger partial charge < -0.3 is 10.4 Å². The Hall–Kier alpha value is -4.51. The molecule has 11 heteroatoms. The quantitative estimate of drug-likeness (QED) is 0.268. The highest BCUT2D eigenvalue weighted by atomic mass is 19.4. The van der Waals surface area contributed by atoms with E-state index in [0.29, 0.717) is 28.3 Å². The summed E-state index contributed by atoms with van der Waals surface area (Å²) >= 11 is 0. The molecule has 0 spiro atoms. The van der Waals surface area contributed by atoms with Crippen LogP contribution in [0.5, 0.6) is 0 Å². The van der Waals surface area contributed by atoms with E-state index in [1.165, 1.54) is 34.7 Å². The van der Waals surface area contributed by atoms with Crippen LogP contribution in [0, 0.1) is 5.82 Å². The molecule has 2 N–H and O–H groups in total. The zero-order valence-corrected chi connectivity index (χ0v) is 21.1. The average Bonchev–Trinajstić information content (AvgIpc) is 3.50. The van der Waals surface area contributed by atoms with Crippen LogP contribution in [0.25, 0.3) is 27.9 Å². The highest BCUT2D eigenvalue weighted by molar-refractivity contribution is 6.07. The van der Waals surface area contributed by atoms with Gasteiger partial charge in [0.1, 0.15) is 11.6 Å². The minimum atomic E-state index is -4.88. The van der Waals surface area contributed by atoms with Gasteiger partial charge in [0, 0.05) is 29.9 Å². The molecule has 0 aliphatic rings. The van der Waals surface area contributed by atoms with E-state index in [1.807, 2.05) is 6.07 Å². The number of rotatable bonds is 5. The van der Waals surface area contributed by atoms with E-state index in [-0.39, 0.29) is 11.5 Å². The molecule has 5 aromatic rings. The number of alkyl halides is 3. The molecule has 3 heterocycles. The summed E-state index contributed by atoms with van der Waals surface area (Å²) in [6.07, 6.45) is -1.97. The number of carbonyl (C=O) groups is 1. The molecule has 1 amide bonds. The third kappa shape index (κ3) is 4.88. The van der Waals surface area contributed by atoms with Crippen molar-refractivity contribution in [1.82, 2.24) is 19.4 Å². The summed E-state index contributed by atoms with van der Waals surface area (Å²) in [4.78, 5) is 13.5. The third-order valence-corrected chi connectivity index (χ3v) is 6.30. The van der Waals surface area contributed by atoms with Gasteiger partial charge in [-0.2, -0.15) is 23.4 Å². The molecule has 0 unspecified atom stereocenters. The molecular formula is C28H23F4N5O2. The predicted molar refractivity (Wildman–Crippen MR) is 137 cm³/mol. The van der Waals surface area contributed by atoms with Crippen LogP contribution in [0.15, 0.2) is 73.1 Å². The fraction of sp³-hybridized carbons (Fsp3) is 0.179. The second-order valence-corrected chi connectivity index (χ2v) is 9.58. The predicted octanol–water partition coefficient (Wildman–Crippen LogP) is 6.04. The number of halogens is 4. The van der Waals surface area contributed by atoms with Crippen LogP contribution in [0.3, 0.4) is 0 Å². The topological polar surface area (TPSA) is 84.5 Å². The normalized spacial score (nSPS) is 12.2. The van der Waals surface area contributed by atoms with Crippen LogP contribution in [0.4, 0.5) is 23.4 Å². The van der Waals surface area contributed by atoms with E-state index < -0.39 is 40.2 Å². The summed E-state index contributed by atoms with van der Waals surface area (Å²) in [5, 5.41) is 21.6. The number of pyridine rings is 1. The summed E-state index contributed by atoms with van der Waals surface area (Å²) < 4.78 is 59.1. The molecule has 200 valence electrons. The molecule has 0 fully saturated rings. The first-order valence-corrected chi connectivity index (χ1v) is 11.9. The Bertz CT molecular complexity index is 1700. The highest BCUT2D eigenvalue weighted by Crippen LogP contribution is 2.39. The third-order valence-electron chi connectivity index (χ3n) is 6.30. The van der Waals surface area contributed by atoms with E-state index in [9.17, 15) is 23.1 Å². The minimum Gasteiger partial charge on any atom is -0.386 e. The van der Waals surface area contributed by atoms with Crippen LogP contribution in [-0.2, 0) is 18.8 Å². The Kier molecular flexibility index (Phi) is 6.26. The molecule has 5 rings (SSSR count). The summed E-state index contributed by atoms with van der Waals surface area (Å²) in [5.41, 5.74) is -1.40. The number of hydrogen-bond donors (Lipinski definition) is 2. The summed E-state index contributed by atoms with van der Waals surface area (Å²) in [6, 6.07) is 15.0. The van der Waals surface area contributed by atoms with Gasteiger partial charge in [0.2, 0.25) is 0 Å². The number of amides is 1. The maximum atomic E-state index is 15.1. The van der Waals surface area contributed by atoms with Crippen molar-refractivity contribution in [3.8, 4) is 22.4 Å². The number of nitrogens with one attached hydrogen (secondary N) is 1. The maximum absolute atomic E-state index is 15.1. The fourth-order valence-corrected chi connectivity index (χ4v) is 4.42. The minimum absolute atomic E-state index is 0.0622. The number of aryl methyl sites for hydroxylation is 1. The van der Waals surface area contributed by atoms with Crippen LogP contribution < -0.4 is 5.32 Å². The molecule has 0 atom stereocenters. The number of anilines is 1. The lowest BCUT2D eigenvalue weighted by Crippen LogP contribution is -2.19. The second kappa shape index (κ2) is 9.35. The molecular weight excluding hydrogens is 514 g/mol. The number of hydrogen-bond acceptors (Lipinski definition) is 4. The first-order valence-electron chi connectivity index (χ1n) is 11.9. The lowest BCUT2D eigenvalue weighted by molar-refractivity contribution is -0.137. The van der Waals surface area contributed by atoms with Gasteiger partial charge in [-0.05, 0) is 49.7 Å². The van der Waals surface area contributed by atoms with Crippen molar-refractivity contribution in [2.24, 2.45) is 7.05 Å². The lowest BCUT2D eigenvalue weighted by Gasteiger charge is -2.18. The number of nitrogens with zero attached hydrogens (tertiary/aromatic N) is 4. The molecule has 0 aliphatic carbocycles. The molecule has 0 radical (unpaired) electrons. The molecule has 0 aliphatic heterocycles. The zero-order valence-electron chi connectivity index (χ0n) is 21.1. The Labute approximate surface area is 220 Å². The van der Waals surface area contributed by atoms with Crippen molar-refractivity contribution >= 4 is 17.2 Å². The fourth-order valence-electron chi connectivity index (χ4n) is 4.42. The molecule has 0 saturated heterocycles. The van der Waals surface area contributed by atoms with Crippen LogP contribution in [0.2, 0.25) is 0 Å². The monoisotopic (exact) mass is 537 g/mol. The first kappa shape index (κ1) is 26.1. The molecule has 39 heavy (non-hydrogen) atoms. The van der Waals surface area contributed by atoms with Crippen molar-refractivity contribution in [2.45, 2.75) is 25.6 Å². The number of aromatic nitrogens is 4. The van der Waals surface area contributed by atoms with Crippen molar-refractivity contribution in [3.63, 3.8) is 0 Å². The van der Waals surface area contributed by atoms with Gasteiger partial charge in [-0.15, -0.1) is 0 Å². The number of aliphatic hydroxyl groups is 1. The summed E-state index contributed by atoms with van der Waals surface area (Å²) in [7, 11) is 1.53. The van der Waals surface area contributed by atoms with Gasteiger partial charge in [0.05, 0.1) is 34.1 Å². The van der Waals surface area contributed by atoms with E-state index in [0.717, 1.165) is 6.07 Å². The van der Waals surface area contributed by atoms with E-state index in [4.69, 9.17) is 0 Å². The van der Waals surface area contributed by atoms with Crippen molar-refractivity contribution < 1.29 is 27.5 Å². The molecule has 2 aromatic carbocycles. The Morgan fingerprint density at radius 1 is 0.974 bits per heavy atom. The van der Waals surface area contributed by atoms with Crippen molar-refractivity contribution in [3.05, 3.63) is 95.6 Å². The molecule has 0 saturated carbocycles. The summed E-state index contributed by atoms with van der Waals surface area (Å²) in [5.74, 6) is -2.17. The van der Waals surface area contributed by atoms with Gasteiger partial charge in [0.25, 0.3) is 5.91 Å². The van der Waals surface area contributed by atoms with Gasteiger partial charge in [-0.3, -0.25) is 9.48 Å². The number of fused-ring (bicyclic) bond motifs is 1. The largest absolute Gasteiger partial charge is 0.417 e. The van der Waals surface area contributed by atoms with E-state index in [1.54, 1.807) is 50.2 Å². The summed E-state index contributed by atoms with van der Waals surface area (Å²) in [6.45, 7) is 3.17. The Morgan fingerprint density at radius 3 is 2.31 bits per heavy atom. The smallest absolute Gasteiger partial charge is 0.386 e. The van der Waals surface area contributed by atoms with E-state index in [2.05, 4.69) is 15.5 Å². The highest BCUT2D eigenvalue weighted by Gasteiger charge is 2.36. The van der Waals surface area contributed by atoms with Gasteiger partial charge >= 0.3 is 6.18 Å². The van der Waals surface area contributed by atoms with Gasteiger partial charge in [0.15, 0.2) is 0 Å². The molecule has 0 bridgehead atoms.